The van der Waals surface area contributed by atoms with Crippen LogP contribution in [-0.4, -0.2) is 11.0 Å². The van der Waals surface area contributed by atoms with E-state index in [1.165, 1.54) is 5.56 Å². The van der Waals surface area contributed by atoms with Crippen LogP contribution in [0.1, 0.15) is 22.3 Å². The second kappa shape index (κ2) is 6.10. The molecule has 3 N–H and O–H groups in total. The number of nitrogens with two attached hydrogens (primary N) is 1. The molecule has 4 nitrogen and oxygen atoms in total. The van der Waals surface area contributed by atoms with Gasteiger partial charge in [-0.2, -0.15) is 0 Å². The van der Waals surface area contributed by atoms with E-state index in [0.717, 1.165) is 16.9 Å². The molecule has 0 aliphatic heterocycles. The summed E-state index contributed by atoms with van der Waals surface area (Å²) in [7, 11) is 0. The average molecular weight is 270 g/mol. The molecule has 0 radical (unpaired) electrons. The maximum Gasteiger partial charge on any atom is 0.170 e. The topological polar surface area (TPSA) is 67.8 Å². The normalized spacial score (nSPS) is 11.4. The fraction of sp³-hybridized carbons (Fsp3) is 0.188. The molecule has 0 saturated carbocycles. The van der Waals surface area contributed by atoms with Crippen LogP contribution in [0.5, 0.6) is 5.75 Å². The van der Waals surface area contributed by atoms with E-state index in [1.807, 2.05) is 38.1 Å². The van der Waals surface area contributed by atoms with Crippen LogP contribution >= 0.6 is 0 Å². The van der Waals surface area contributed by atoms with E-state index in [0.29, 0.717) is 12.2 Å². The van der Waals surface area contributed by atoms with Crippen molar-refractivity contribution >= 4 is 5.84 Å². The summed E-state index contributed by atoms with van der Waals surface area (Å²) in [6.07, 6.45) is 0. The third-order valence-corrected chi connectivity index (χ3v) is 3.07. The van der Waals surface area contributed by atoms with Crippen LogP contribution in [0.15, 0.2) is 47.6 Å². The summed E-state index contributed by atoms with van der Waals surface area (Å²) in [5.74, 6) is 0.806. The van der Waals surface area contributed by atoms with Gasteiger partial charge in [-0.1, -0.05) is 47.1 Å². The number of amidine groups is 1. The highest BCUT2D eigenvalue weighted by Gasteiger charge is 2.05. The van der Waals surface area contributed by atoms with Gasteiger partial charge in [-0.25, -0.2) is 0 Å². The molecule has 0 atom stereocenters. The van der Waals surface area contributed by atoms with Crippen molar-refractivity contribution in [1.82, 2.24) is 0 Å². The lowest BCUT2D eigenvalue weighted by molar-refractivity contribution is 0.304. The lowest BCUT2D eigenvalue weighted by Gasteiger charge is -2.11. The van der Waals surface area contributed by atoms with Crippen molar-refractivity contribution in [2.75, 3.05) is 0 Å². The molecule has 0 fully saturated rings. The predicted molar refractivity (Wildman–Crippen MR) is 79.2 cm³/mol. The molecule has 20 heavy (non-hydrogen) atoms. The van der Waals surface area contributed by atoms with Crippen molar-refractivity contribution in [2.45, 2.75) is 20.5 Å². The van der Waals surface area contributed by atoms with Gasteiger partial charge in [-0.3, -0.25) is 0 Å². The Hall–Kier alpha value is -2.49. The quantitative estimate of drug-likeness (QED) is 0.388. The summed E-state index contributed by atoms with van der Waals surface area (Å²) in [5, 5.41) is 11.7. The van der Waals surface area contributed by atoms with Gasteiger partial charge in [0, 0.05) is 5.56 Å². The van der Waals surface area contributed by atoms with Gasteiger partial charge in [0.05, 0.1) is 0 Å². The third-order valence-electron chi connectivity index (χ3n) is 3.07. The lowest BCUT2D eigenvalue weighted by atomic mass is 10.1. The molecule has 0 aromatic heterocycles. The second-order valence-electron chi connectivity index (χ2n) is 4.74. The molecule has 0 bridgehead atoms. The highest BCUT2D eigenvalue weighted by atomic mass is 16.5. The largest absolute Gasteiger partial charge is 0.489 e. The Morgan fingerprint density at radius 2 is 2.00 bits per heavy atom. The van der Waals surface area contributed by atoms with Gasteiger partial charge in [0.2, 0.25) is 0 Å². The molecule has 2 rings (SSSR count). The van der Waals surface area contributed by atoms with E-state index in [2.05, 4.69) is 11.2 Å². The number of ether oxygens (including phenoxy) is 1. The molecule has 0 saturated heterocycles. The number of hydrogen-bond donors (Lipinski definition) is 2. The predicted octanol–water partition coefficient (Wildman–Crippen LogP) is 2.98. The van der Waals surface area contributed by atoms with Crippen LogP contribution < -0.4 is 10.5 Å². The first kappa shape index (κ1) is 13.9. The van der Waals surface area contributed by atoms with Gasteiger partial charge in [-0.05, 0) is 31.0 Å². The van der Waals surface area contributed by atoms with Crippen LogP contribution in [0.4, 0.5) is 0 Å². The fourth-order valence-electron chi connectivity index (χ4n) is 1.94. The van der Waals surface area contributed by atoms with E-state index < -0.39 is 0 Å². The first-order valence-corrected chi connectivity index (χ1v) is 6.37. The van der Waals surface area contributed by atoms with Crippen molar-refractivity contribution in [3.63, 3.8) is 0 Å². The maximum atomic E-state index is 8.71. The Morgan fingerprint density at radius 3 is 2.70 bits per heavy atom. The van der Waals surface area contributed by atoms with Gasteiger partial charge in [-0.15, -0.1) is 0 Å². The highest BCUT2D eigenvalue weighted by molar-refractivity contribution is 5.97. The molecular weight excluding hydrogens is 252 g/mol. The number of oxime groups is 1. The summed E-state index contributed by atoms with van der Waals surface area (Å²) >= 11 is 0. The van der Waals surface area contributed by atoms with Crippen LogP contribution in [0.3, 0.4) is 0 Å². The van der Waals surface area contributed by atoms with Gasteiger partial charge in [0.25, 0.3) is 0 Å². The lowest BCUT2D eigenvalue weighted by Crippen LogP contribution is -2.13. The fourth-order valence-corrected chi connectivity index (χ4v) is 1.94. The van der Waals surface area contributed by atoms with Crippen molar-refractivity contribution < 1.29 is 9.94 Å². The molecule has 0 unspecified atom stereocenters. The zero-order chi connectivity index (χ0) is 14.5. The van der Waals surface area contributed by atoms with Gasteiger partial charge in [0.1, 0.15) is 12.4 Å². The summed E-state index contributed by atoms with van der Waals surface area (Å²) in [6.45, 7) is 4.50. The molecule has 0 amide bonds. The highest BCUT2D eigenvalue weighted by Crippen LogP contribution is 2.21. The zero-order valence-corrected chi connectivity index (χ0v) is 11.6. The number of benzene rings is 2. The van der Waals surface area contributed by atoms with E-state index in [4.69, 9.17) is 15.7 Å². The number of hydrogen-bond acceptors (Lipinski definition) is 3. The molecule has 0 aliphatic carbocycles. The van der Waals surface area contributed by atoms with E-state index in [-0.39, 0.29) is 5.84 Å². The van der Waals surface area contributed by atoms with E-state index >= 15 is 0 Å². The molecule has 2 aromatic carbocycles. The molecular formula is C16H18N2O2. The molecule has 2 aromatic rings. The van der Waals surface area contributed by atoms with Crippen molar-refractivity contribution in [3.8, 4) is 5.75 Å². The second-order valence-corrected chi connectivity index (χ2v) is 4.74. The molecule has 0 aliphatic rings. The van der Waals surface area contributed by atoms with E-state index in [1.54, 1.807) is 12.1 Å². The summed E-state index contributed by atoms with van der Waals surface area (Å²) in [4.78, 5) is 0. The average Bonchev–Trinajstić information content (AvgIpc) is 2.45. The smallest absolute Gasteiger partial charge is 0.170 e. The number of rotatable bonds is 4. The monoisotopic (exact) mass is 270 g/mol. The SMILES string of the molecule is Cc1cccc(COc2cc(/C(N)=N/O)ccc2C)c1. The van der Waals surface area contributed by atoms with Crippen LogP contribution in [-0.2, 0) is 6.61 Å². The summed E-state index contributed by atoms with van der Waals surface area (Å²) < 4.78 is 5.82. The maximum absolute atomic E-state index is 8.71. The Morgan fingerprint density at radius 1 is 1.20 bits per heavy atom. The third kappa shape index (κ3) is 3.29. The molecule has 0 heterocycles. The van der Waals surface area contributed by atoms with Crippen molar-refractivity contribution in [2.24, 2.45) is 10.9 Å². The summed E-state index contributed by atoms with van der Waals surface area (Å²) in [6, 6.07) is 13.6. The van der Waals surface area contributed by atoms with Crippen molar-refractivity contribution in [3.05, 3.63) is 64.7 Å². The molecule has 0 spiro atoms. The van der Waals surface area contributed by atoms with E-state index in [9.17, 15) is 0 Å². The zero-order valence-electron chi connectivity index (χ0n) is 11.6. The Kier molecular flexibility index (Phi) is 4.25. The molecule has 104 valence electrons. The first-order chi connectivity index (χ1) is 9.60. The Labute approximate surface area is 118 Å². The van der Waals surface area contributed by atoms with Crippen molar-refractivity contribution in [1.29, 1.82) is 0 Å². The standard InChI is InChI=1S/C16H18N2O2/c1-11-4-3-5-13(8-11)10-20-15-9-14(16(17)18-19)7-6-12(15)2/h3-9,19H,10H2,1-2H3,(H2,17,18). The molecule has 4 heteroatoms. The van der Waals surface area contributed by atoms with Crippen LogP contribution in [0.2, 0.25) is 0 Å². The number of nitrogens with zero attached hydrogens (tertiary/aromatic N) is 1. The Bertz CT molecular complexity index is 636. The minimum atomic E-state index is 0.0744. The Balaban J connectivity index is 2.16. The van der Waals surface area contributed by atoms with Gasteiger partial charge >= 0.3 is 0 Å². The van der Waals surface area contributed by atoms with Gasteiger partial charge < -0.3 is 15.7 Å². The number of aryl methyl sites for hydroxylation is 2. The summed E-state index contributed by atoms with van der Waals surface area (Å²) in [5.41, 5.74) is 9.54. The van der Waals surface area contributed by atoms with Crippen LogP contribution in [0.25, 0.3) is 0 Å². The minimum Gasteiger partial charge on any atom is -0.489 e. The first-order valence-electron chi connectivity index (χ1n) is 6.37. The van der Waals surface area contributed by atoms with Crippen LogP contribution in [0, 0.1) is 13.8 Å². The minimum absolute atomic E-state index is 0.0744. The van der Waals surface area contributed by atoms with Gasteiger partial charge in [0.15, 0.2) is 5.84 Å².